The summed E-state index contributed by atoms with van der Waals surface area (Å²) < 4.78 is 37.6. The van der Waals surface area contributed by atoms with Crippen molar-refractivity contribution in [1.82, 2.24) is 14.9 Å². The van der Waals surface area contributed by atoms with Crippen LogP contribution in [0.15, 0.2) is 30.0 Å². The number of thiophene rings is 1. The first-order valence-corrected chi connectivity index (χ1v) is 10.3. The summed E-state index contributed by atoms with van der Waals surface area (Å²) in [7, 11) is 0. The number of likely N-dealkylation sites (tertiary alicyclic amines) is 1. The maximum atomic E-state index is 12.6. The number of carboxylic acids is 1. The Morgan fingerprint density at radius 2 is 2.10 bits per heavy atom. The first-order chi connectivity index (χ1) is 14.6. The number of nitrogens with one attached hydrogen (secondary N) is 1. The minimum Gasteiger partial charge on any atom is -0.475 e. The molecule has 2 aliphatic heterocycles. The number of halogens is 3. The van der Waals surface area contributed by atoms with Crippen molar-refractivity contribution in [2.75, 3.05) is 25.0 Å². The van der Waals surface area contributed by atoms with Gasteiger partial charge in [0.25, 0.3) is 0 Å². The Morgan fingerprint density at radius 1 is 1.35 bits per heavy atom. The van der Waals surface area contributed by atoms with Crippen LogP contribution in [0, 0.1) is 18.8 Å². The monoisotopic (exact) mass is 458 g/mol. The number of rotatable bonds is 4. The lowest BCUT2D eigenvalue weighted by Crippen LogP contribution is -2.32. The second-order valence-corrected chi connectivity index (χ2v) is 8.25. The first-order valence-electron chi connectivity index (χ1n) is 9.39. The van der Waals surface area contributed by atoms with E-state index in [0.717, 1.165) is 19.6 Å². The third-order valence-corrected chi connectivity index (χ3v) is 6.13. The molecule has 8 nitrogen and oxygen atoms in total. The molecule has 0 aliphatic carbocycles. The van der Waals surface area contributed by atoms with Crippen LogP contribution < -0.4 is 5.32 Å². The smallest absolute Gasteiger partial charge is 0.475 e. The van der Waals surface area contributed by atoms with Gasteiger partial charge in [0.15, 0.2) is 5.82 Å². The minimum atomic E-state index is -5.08. The molecule has 0 radical (unpaired) electrons. The van der Waals surface area contributed by atoms with Crippen LogP contribution in [0.25, 0.3) is 0 Å². The fourth-order valence-electron chi connectivity index (χ4n) is 3.54. The van der Waals surface area contributed by atoms with Crippen LogP contribution >= 0.6 is 11.3 Å². The molecule has 2 aromatic rings. The molecule has 0 bridgehead atoms. The molecule has 0 unspecified atom stereocenters. The molecular formula is C19H21F3N4O4S. The van der Waals surface area contributed by atoms with Crippen LogP contribution in [0.1, 0.15) is 10.4 Å². The van der Waals surface area contributed by atoms with Crippen molar-refractivity contribution in [3.8, 4) is 0 Å². The fourth-order valence-corrected chi connectivity index (χ4v) is 4.49. The Balaban J connectivity index is 0.000000339. The highest BCUT2D eigenvalue weighted by molar-refractivity contribution is 7.10. The third kappa shape index (κ3) is 5.99. The molecule has 12 heteroatoms. The standard InChI is InChI=1S/C17H20N4O2S.C2HF3O2/c1-11-2-5-24-15(11)9-21-7-12-13(10-23-14(12)8-21)17(22)20-16-6-18-3-4-19-16;3-2(4,5)1(6)7/h2-6,12-14H,7-10H2,1H3,(H,19,20,22);(H,6,7)/t12-,13+,14-;/m1./s1. The van der Waals surface area contributed by atoms with E-state index < -0.39 is 12.1 Å². The zero-order valence-corrected chi connectivity index (χ0v) is 17.3. The first kappa shape index (κ1) is 23.1. The Bertz CT molecular complexity index is 909. The fraction of sp³-hybridized carbons (Fsp3) is 0.474. The lowest BCUT2D eigenvalue weighted by Gasteiger charge is -2.19. The van der Waals surface area contributed by atoms with E-state index in [1.54, 1.807) is 29.9 Å². The highest BCUT2D eigenvalue weighted by Gasteiger charge is 2.46. The number of fused-ring (bicyclic) bond motifs is 1. The number of aryl methyl sites for hydroxylation is 1. The molecule has 4 rings (SSSR count). The van der Waals surface area contributed by atoms with Gasteiger partial charge in [-0.15, -0.1) is 11.3 Å². The quantitative estimate of drug-likeness (QED) is 0.726. The van der Waals surface area contributed by atoms with E-state index in [4.69, 9.17) is 14.6 Å². The van der Waals surface area contributed by atoms with Crippen LogP contribution in [0.5, 0.6) is 0 Å². The summed E-state index contributed by atoms with van der Waals surface area (Å²) in [5, 5.41) is 12.1. The highest BCUT2D eigenvalue weighted by Crippen LogP contribution is 2.35. The summed E-state index contributed by atoms with van der Waals surface area (Å²) in [4.78, 5) is 33.3. The van der Waals surface area contributed by atoms with Crippen molar-refractivity contribution >= 4 is 29.0 Å². The average molecular weight is 458 g/mol. The molecule has 2 fully saturated rings. The molecular weight excluding hydrogens is 437 g/mol. The number of amides is 1. The highest BCUT2D eigenvalue weighted by atomic mass is 32.1. The summed E-state index contributed by atoms with van der Waals surface area (Å²) in [5.41, 5.74) is 1.34. The van der Waals surface area contributed by atoms with Crippen LogP contribution in [-0.4, -0.2) is 63.8 Å². The predicted molar refractivity (Wildman–Crippen MR) is 105 cm³/mol. The van der Waals surface area contributed by atoms with E-state index in [9.17, 15) is 18.0 Å². The lowest BCUT2D eigenvalue weighted by atomic mass is 9.92. The number of carbonyl (C=O) groups excluding carboxylic acids is 1. The second-order valence-electron chi connectivity index (χ2n) is 7.25. The molecule has 2 saturated heterocycles. The van der Waals surface area contributed by atoms with E-state index in [1.807, 2.05) is 0 Å². The van der Waals surface area contributed by atoms with Gasteiger partial charge in [0, 0.05) is 42.8 Å². The van der Waals surface area contributed by atoms with Gasteiger partial charge in [0.05, 0.1) is 24.8 Å². The van der Waals surface area contributed by atoms with Gasteiger partial charge in [-0.3, -0.25) is 14.7 Å². The number of hydrogen-bond acceptors (Lipinski definition) is 7. The summed E-state index contributed by atoms with van der Waals surface area (Å²) in [5.74, 6) is -2.15. The van der Waals surface area contributed by atoms with E-state index in [2.05, 4.69) is 38.6 Å². The molecule has 168 valence electrons. The third-order valence-electron chi connectivity index (χ3n) is 5.12. The van der Waals surface area contributed by atoms with Crippen LogP contribution in [0.4, 0.5) is 19.0 Å². The molecule has 31 heavy (non-hydrogen) atoms. The van der Waals surface area contributed by atoms with Crippen molar-refractivity contribution < 1.29 is 32.6 Å². The largest absolute Gasteiger partial charge is 0.490 e. The second kappa shape index (κ2) is 9.71. The van der Waals surface area contributed by atoms with Crippen LogP contribution in [0.3, 0.4) is 0 Å². The Morgan fingerprint density at radius 3 is 2.68 bits per heavy atom. The molecule has 3 atom stereocenters. The van der Waals surface area contributed by atoms with E-state index >= 15 is 0 Å². The zero-order chi connectivity index (χ0) is 22.6. The normalized spacial score (nSPS) is 23.0. The minimum absolute atomic E-state index is 0.0165. The van der Waals surface area contributed by atoms with Crippen molar-refractivity contribution in [2.45, 2.75) is 25.7 Å². The number of nitrogens with zero attached hydrogens (tertiary/aromatic N) is 3. The number of carbonyl (C=O) groups is 2. The van der Waals surface area contributed by atoms with Gasteiger partial charge in [-0.25, -0.2) is 9.78 Å². The van der Waals surface area contributed by atoms with Gasteiger partial charge < -0.3 is 15.2 Å². The summed E-state index contributed by atoms with van der Waals surface area (Å²) >= 11 is 1.80. The van der Waals surface area contributed by atoms with Gasteiger partial charge in [0.1, 0.15) is 0 Å². The number of alkyl halides is 3. The number of aliphatic carboxylic acids is 1. The van der Waals surface area contributed by atoms with Crippen LogP contribution in [-0.2, 0) is 20.9 Å². The number of anilines is 1. The van der Waals surface area contributed by atoms with Crippen LogP contribution in [0.2, 0.25) is 0 Å². The van der Waals surface area contributed by atoms with Gasteiger partial charge in [0.2, 0.25) is 5.91 Å². The molecule has 1 amide bonds. The summed E-state index contributed by atoms with van der Waals surface area (Å²) in [6.45, 7) is 5.39. The van der Waals surface area contributed by atoms with E-state index in [1.165, 1.54) is 10.4 Å². The molecule has 2 aliphatic rings. The van der Waals surface area contributed by atoms with Gasteiger partial charge in [-0.1, -0.05) is 0 Å². The van der Waals surface area contributed by atoms with Crippen molar-refractivity contribution in [3.05, 3.63) is 40.5 Å². The van der Waals surface area contributed by atoms with Crippen molar-refractivity contribution in [2.24, 2.45) is 11.8 Å². The maximum Gasteiger partial charge on any atom is 0.490 e. The molecule has 0 saturated carbocycles. The average Bonchev–Trinajstić information content (AvgIpc) is 3.39. The molecule has 2 N–H and O–H groups in total. The Hall–Kier alpha value is -2.57. The lowest BCUT2D eigenvalue weighted by molar-refractivity contribution is -0.192. The number of hydrogen-bond donors (Lipinski definition) is 2. The van der Waals surface area contributed by atoms with Gasteiger partial charge >= 0.3 is 12.1 Å². The molecule has 4 heterocycles. The number of carboxylic acid groups (broad SMARTS) is 1. The van der Waals surface area contributed by atoms with Gasteiger partial charge in [-0.05, 0) is 23.9 Å². The van der Waals surface area contributed by atoms with Crippen molar-refractivity contribution in [3.63, 3.8) is 0 Å². The topological polar surface area (TPSA) is 105 Å². The van der Waals surface area contributed by atoms with Crippen molar-refractivity contribution in [1.29, 1.82) is 0 Å². The SMILES string of the molecule is Cc1ccsc1CN1C[C@@H]2[C@@H](C(=O)Nc3cnccn3)CO[C@@H]2C1.O=C(O)C(F)(F)F. The van der Waals surface area contributed by atoms with E-state index in [0.29, 0.717) is 12.4 Å². The van der Waals surface area contributed by atoms with E-state index in [-0.39, 0.29) is 23.8 Å². The Labute approximate surface area is 180 Å². The summed E-state index contributed by atoms with van der Waals surface area (Å²) in [6.07, 6.45) is -0.204. The molecule has 0 aromatic carbocycles. The maximum absolute atomic E-state index is 12.6. The molecule has 2 aromatic heterocycles. The van der Waals surface area contributed by atoms with Gasteiger partial charge in [-0.2, -0.15) is 13.2 Å². The summed E-state index contributed by atoms with van der Waals surface area (Å²) in [6, 6.07) is 2.16. The predicted octanol–water partition coefficient (Wildman–Crippen LogP) is 2.57. The number of aromatic nitrogens is 2. The Kier molecular flexibility index (Phi) is 7.23. The zero-order valence-electron chi connectivity index (χ0n) is 16.5. The number of ether oxygens (including phenoxy) is 1. The molecule has 0 spiro atoms.